The quantitative estimate of drug-likeness (QED) is 0.381. The van der Waals surface area contributed by atoms with Crippen LogP contribution < -0.4 is 28.5 Å². The van der Waals surface area contributed by atoms with Gasteiger partial charge in [0.1, 0.15) is 13.6 Å². The number of para-hydroxylation sites is 1. The Bertz CT molecular complexity index is 1030. The fraction of sp³-hybridized carbons (Fsp3) is 0.360. The molecule has 1 saturated heterocycles. The number of nitrogens with zero attached hydrogens (tertiary/aromatic N) is 3. The van der Waals surface area contributed by atoms with Crippen molar-refractivity contribution in [1.29, 1.82) is 0 Å². The van der Waals surface area contributed by atoms with Gasteiger partial charge in [0.05, 0.1) is 0 Å². The van der Waals surface area contributed by atoms with Crippen LogP contribution in [0.5, 0.6) is 0 Å². The van der Waals surface area contributed by atoms with Crippen LogP contribution in [0.15, 0.2) is 48.8 Å². The maximum atomic E-state index is 13.0. The second-order valence-corrected chi connectivity index (χ2v) is 8.03. The third-order valence-electron chi connectivity index (χ3n) is 5.98. The number of carbonyl (C=O) groups excluding carboxylic acids is 1. The molecule has 4 nitrogen and oxygen atoms in total. The molecule has 5 heteroatoms. The van der Waals surface area contributed by atoms with Gasteiger partial charge in [-0.2, -0.15) is 0 Å². The van der Waals surface area contributed by atoms with Gasteiger partial charge < -0.3 is 33.4 Å². The Balaban J connectivity index is 0.00000256. The summed E-state index contributed by atoms with van der Waals surface area (Å²) >= 11 is 0. The summed E-state index contributed by atoms with van der Waals surface area (Å²) in [6, 6.07) is 12.6. The summed E-state index contributed by atoms with van der Waals surface area (Å²) in [5, 5.41) is 1.20. The summed E-state index contributed by atoms with van der Waals surface area (Å²) in [6.45, 7) is 4.34. The number of aryl methyl sites for hydroxylation is 1. The zero-order valence-corrected chi connectivity index (χ0v) is 20.0. The molecule has 3 heterocycles. The molecule has 158 valence electrons. The van der Waals surface area contributed by atoms with E-state index in [0.717, 1.165) is 37.1 Å². The Morgan fingerprint density at radius 1 is 1.00 bits per heavy atom. The lowest BCUT2D eigenvalue weighted by atomic mass is 10.1. The molecule has 2 aromatic heterocycles. The number of hydrogen-bond acceptors (Lipinski definition) is 1. The minimum absolute atomic E-state index is 0. The van der Waals surface area contributed by atoms with E-state index in [1.807, 2.05) is 11.6 Å². The van der Waals surface area contributed by atoms with E-state index in [1.165, 1.54) is 29.4 Å². The third-order valence-corrected chi connectivity index (χ3v) is 5.98. The highest BCUT2D eigenvalue weighted by Crippen LogP contribution is 2.28. The van der Waals surface area contributed by atoms with Crippen LogP contribution in [0.2, 0.25) is 0 Å². The molecule has 0 unspecified atom stereocenters. The molecule has 4 rings (SSSR count). The van der Waals surface area contributed by atoms with Crippen LogP contribution in [0, 0.1) is 6.92 Å². The number of halogens is 1. The van der Waals surface area contributed by atoms with E-state index in [1.54, 1.807) is 0 Å². The predicted octanol–water partition coefficient (Wildman–Crippen LogP) is 1.35. The molecule has 30 heavy (non-hydrogen) atoms. The molecule has 0 saturated carbocycles. The molecule has 0 aliphatic carbocycles. The molecule has 1 aliphatic heterocycles. The first-order valence-electron chi connectivity index (χ1n) is 10.6. The maximum Gasteiger partial charge on any atom is 0.242 e. The molecule has 0 N–H and O–H groups in total. The average molecular weight is 515 g/mol. The van der Waals surface area contributed by atoms with Crippen molar-refractivity contribution in [2.24, 2.45) is 7.05 Å². The first-order chi connectivity index (χ1) is 14.1. The monoisotopic (exact) mass is 515 g/mol. The van der Waals surface area contributed by atoms with Crippen molar-refractivity contribution in [2.45, 2.75) is 39.2 Å². The van der Waals surface area contributed by atoms with Gasteiger partial charge in [0.15, 0.2) is 12.4 Å². The van der Waals surface area contributed by atoms with Crippen LogP contribution >= 0.6 is 0 Å². The lowest BCUT2D eigenvalue weighted by molar-refractivity contribution is -0.671. The van der Waals surface area contributed by atoms with E-state index in [4.69, 9.17) is 0 Å². The first-order valence-corrected chi connectivity index (χ1v) is 10.6. The Morgan fingerprint density at radius 2 is 1.67 bits per heavy atom. The van der Waals surface area contributed by atoms with Crippen LogP contribution in [-0.4, -0.2) is 28.5 Å². The molecule has 1 amide bonds. The average Bonchev–Trinajstić information content (AvgIpc) is 2.91. The zero-order valence-electron chi connectivity index (χ0n) is 17.9. The number of pyridine rings is 1. The molecule has 1 aliphatic rings. The molecular formula is C25H30IN3O. The van der Waals surface area contributed by atoms with Gasteiger partial charge in [-0.05, 0) is 31.4 Å². The molecule has 1 aromatic carbocycles. The van der Waals surface area contributed by atoms with Crippen LogP contribution in [0.4, 0.5) is 0 Å². The van der Waals surface area contributed by atoms with Crippen molar-refractivity contribution in [1.82, 2.24) is 9.47 Å². The van der Waals surface area contributed by atoms with Gasteiger partial charge in [-0.25, -0.2) is 4.57 Å². The van der Waals surface area contributed by atoms with Crippen molar-refractivity contribution in [3.63, 3.8) is 0 Å². The zero-order chi connectivity index (χ0) is 20.2. The Morgan fingerprint density at radius 3 is 2.37 bits per heavy atom. The van der Waals surface area contributed by atoms with E-state index >= 15 is 0 Å². The van der Waals surface area contributed by atoms with Crippen LogP contribution in [0.25, 0.3) is 23.1 Å². The van der Waals surface area contributed by atoms with E-state index in [-0.39, 0.29) is 29.9 Å². The van der Waals surface area contributed by atoms with Crippen LogP contribution in [0.3, 0.4) is 0 Å². The van der Waals surface area contributed by atoms with Crippen molar-refractivity contribution in [2.75, 3.05) is 13.1 Å². The van der Waals surface area contributed by atoms with E-state index in [0.29, 0.717) is 6.54 Å². The van der Waals surface area contributed by atoms with Crippen molar-refractivity contribution >= 4 is 29.0 Å². The first kappa shape index (κ1) is 22.5. The number of carbonyl (C=O) groups is 1. The number of likely N-dealkylation sites (tertiary alicyclic amines) is 1. The van der Waals surface area contributed by atoms with Crippen LogP contribution in [0.1, 0.15) is 42.5 Å². The number of benzene rings is 1. The number of hydrogen-bond donors (Lipinski definition) is 0. The van der Waals surface area contributed by atoms with Gasteiger partial charge in [-0.3, -0.25) is 4.79 Å². The number of aromatic nitrogens is 2. The molecule has 0 radical (unpaired) electrons. The summed E-state index contributed by atoms with van der Waals surface area (Å²) in [6.07, 6.45) is 13.2. The predicted molar refractivity (Wildman–Crippen MR) is 118 cm³/mol. The topological polar surface area (TPSA) is 29.1 Å². The van der Waals surface area contributed by atoms with Gasteiger partial charge in [0, 0.05) is 47.4 Å². The van der Waals surface area contributed by atoms with Crippen molar-refractivity contribution in [3.8, 4) is 0 Å². The highest BCUT2D eigenvalue weighted by Gasteiger charge is 2.19. The molecule has 0 spiro atoms. The number of amides is 1. The van der Waals surface area contributed by atoms with Gasteiger partial charge in [-0.15, -0.1) is 0 Å². The van der Waals surface area contributed by atoms with Gasteiger partial charge in [-0.1, -0.05) is 43.2 Å². The molecule has 3 aromatic rings. The van der Waals surface area contributed by atoms with Crippen LogP contribution in [-0.2, 0) is 18.4 Å². The normalized spacial score (nSPS) is 14.7. The smallest absolute Gasteiger partial charge is 0.242 e. The van der Waals surface area contributed by atoms with E-state index < -0.39 is 0 Å². The number of rotatable bonds is 4. The summed E-state index contributed by atoms with van der Waals surface area (Å²) in [5.41, 5.74) is 4.64. The maximum absolute atomic E-state index is 13.0. The highest BCUT2D eigenvalue weighted by molar-refractivity contribution is 5.94. The minimum atomic E-state index is 0. The van der Waals surface area contributed by atoms with Crippen molar-refractivity contribution < 1.29 is 33.3 Å². The SMILES string of the molecule is Cc1c(/C=C/c2cc[n+](C)cc2)c2ccccc2n1CC(=O)N1CCCCCC1.[I-]. The summed E-state index contributed by atoms with van der Waals surface area (Å²) < 4.78 is 4.22. The number of fused-ring (bicyclic) bond motifs is 1. The second kappa shape index (κ2) is 10.2. The second-order valence-electron chi connectivity index (χ2n) is 8.03. The van der Waals surface area contributed by atoms with Gasteiger partial charge >= 0.3 is 0 Å². The minimum Gasteiger partial charge on any atom is -1.00 e. The van der Waals surface area contributed by atoms with Gasteiger partial charge in [0.25, 0.3) is 0 Å². The Labute approximate surface area is 196 Å². The lowest BCUT2D eigenvalue weighted by Crippen LogP contribution is -3.00. The summed E-state index contributed by atoms with van der Waals surface area (Å²) in [5.74, 6) is 0.238. The standard InChI is InChI=1S/C25H30N3O.HI/c1-20-22(12-11-21-13-17-26(2)18-14-21)23-9-5-6-10-24(23)28(20)19-25(29)27-15-7-3-4-8-16-27;/h5-6,9-14,17-18H,3-4,7-8,15-16,19H2,1-2H3;1H/q+1;/p-1. The van der Waals surface area contributed by atoms with E-state index in [9.17, 15) is 4.79 Å². The molecular weight excluding hydrogens is 485 g/mol. The molecule has 0 atom stereocenters. The van der Waals surface area contributed by atoms with E-state index in [2.05, 4.69) is 77.3 Å². The third kappa shape index (κ3) is 4.94. The fourth-order valence-corrected chi connectivity index (χ4v) is 4.23. The fourth-order valence-electron chi connectivity index (χ4n) is 4.23. The molecule has 1 fully saturated rings. The lowest BCUT2D eigenvalue weighted by Gasteiger charge is -2.21. The Hall–Kier alpha value is -2.15. The summed E-state index contributed by atoms with van der Waals surface area (Å²) in [4.78, 5) is 15.1. The largest absolute Gasteiger partial charge is 1.00 e. The highest BCUT2D eigenvalue weighted by atomic mass is 127. The Kier molecular flexibility index (Phi) is 7.69. The van der Waals surface area contributed by atoms with Gasteiger partial charge in [0.2, 0.25) is 5.91 Å². The molecule has 0 bridgehead atoms. The van der Waals surface area contributed by atoms with Crippen molar-refractivity contribution in [3.05, 3.63) is 65.6 Å². The summed E-state index contributed by atoms with van der Waals surface area (Å²) in [7, 11) is 2.02.